The zero-order valence-corrected chi connectivity index (χ0v) is 13.4. The van der Waals surface area contributed by atoms with Crippen molar-refractivity contribution in [1.82, 2.24) is 20.4 Å². The highest BCUT2D eigenvalue weighted by molar-refractivity contribution is 5.80. The maximum atomic E-state index is 12.0. The van der Waals surface area contributed by atoms with Gasteiger partial charge in [0.05, 0.1) is 13.2 Å². The molecule has 22 heavy (non-hydrogen) atoms. The highest BCUT2D eigenvalue weighted by atomic mass is 16.6. The van der Waals surface area contributed by atoms with Gasteiger partial charge in [0.25, 0.3) is 0 Å². The van der Waals surface area contributed by atoms with Crippen LogP contribution in [-0.4, -0.2) is 67.7 Å². The first-order chi connectivity index (χ1) is 10.4. The minimum absolute atomic E-state index is 0.280. The van der Waals surface area contributed by atoms with Crippen molar-refractivity contribution < 1.29 is 23.9 Å². The van der Waals surface area contributed by atoms with Gasteiger partial charge in [0.2, 0.25) is 0 Å². The first-order valence-electron chi connectivity index (χ1n) is 7.28. The normalized spacial score (nSPS) is 20.8. The second-order valence-corrected chi connectivity index (χ2v) is 4.95. The monoisotopic (exact) mass is 316 g/mol. The van der Waals surface area contributed by atoms with Crippen LogP contribution in [0.5, 0.6) is 0 Å². The van der Waals surface area contributed by atoms with Gasteiger partial charge < -0.3 is 19.3 Å². The van der Waals surface area contributed by atoms with Gasteiger partial charge in [-0.05, 0) is 12.8 Å². The minimum Gasteiger partial charge on any atom is -0.450 e. The van der Waals surface area contributed by atoms with Gasteiger partial charge in [-0.3, -0.25) is 10.6 Å². The Morgan fingerprint density at radius 1 is 0.955 bits per heavy atom. The molecule has 0 aliphatic carbocycles. The Balaban J connectivity index is 2.70. The summed E-state index contributed by atoms with van der Waals surface area (Å²) in [5, 5.41) is 5.14. The SMILES string of the molecule is CCCOC(=O)N[C@@H]1[C@@H](NC(=O)OCCC)N(C)C(=O)N1C. The van der Waals surface area contributed by atoms with Gasteiger partial charge in [-0.2, -0.15) is 0 Å². The van der Waals surface area contributed by atoms with Crippen LogP contribution in [0.2, 0.25) is 0 Å². The van der Waals surface area contributed by atoms with Crippen LogP contribution in [0, 0.1) is 0 Å². The average Bonchev–Trinajstić information content (AvgIpc) is 2.69. The molecule has 0 unspecified atom stereocenters. The molecule has 1 rings (SSSR count). The number of alkyl carbamates (subject to hydrolysis) is 2. The van der Waals surface area contributed by atoms with E-state index in [9.17, 15) is 14.4 Å². The molecule has 9 nitrogen and oxygen atoms in total. The van der Waals surface area contributed by atoms with Gasteiger partial charge in [0.15, 0.2) is 0 Å². The van der Waals surface area contributed by atoms with E-state index in [1.807, 2.05) is 13.8 Å². The standard InChI is InChI=1S/C13H24N4O5/c1-5-7-21-11(18)14-9-10(15-12(19)22-8-6-2)17(4)13(20)16(9)3/h9-10H,5-8H2,1-4H3,(H,14,18)(H,15,19)/t9-,10-/m0/s1. The summed E-state index contributed by atoms with van der Waals surface area (Å²) in [6.07, 6.45) is -1.38. The zero-order valence-electron chi connectivity index (χ0n) is 13.4. The number of amides is 4. The molecule has 2 atom stereocenters. The van der Waals surface area contributed by atoms with Crippen molar-refractivity contribution in [3.05, 3.63) is 0 Å². The summed E-state index contributed by atoms with van der Waals surface area (Å²) in [5.74, 6) is 0. The molecule has 0 aromatic rings. The number of likely N-dealkylation sites (N-methyl/N-ethyl adjacent to an activating group) is 2. The lowest BCUT2D eigenvalue weighted by atomic mass is 10.3. The Kier molecular flexibility index (Phi) is 6.74. The Labute approximate surface area is 129 Å². The van der Waals surface area contributed by atoms with Crippen molar-refractivity contribution in [2.24, 2.45) is 0 Å². The fourth-order valence-electron chi connectivity index (χ4n) is 1.98. The number of nitrogens with one attached hydrogen (secondary N) is 2. The fraction of sp³-hybridized carbons (Fsp3) is 0.769. The second kappa shape index (κ2) is 8.30. The number of nitrogens with zero attached hydrogens (tertiary/aromatic N) is 2. The lowest BCUT2D eigenvalue weighted by Crippen LogP contribution is -2.56. The smallest absolute Gasteiger partial charge is 0.408 e. The van der Waals surface area contributed by atoms with Crippen LogP contribution in [0.1, 0.15) is 26.7 Å². The molecule has 1 aliphatic rings. The Morgan fingerprint density at radius 2 is 1.32 bits per heavy atom. The molecule has 0 aromatic heterocycles. The van der Waals surface area contributed by atoms with E-state index in [0.29, 0.717) is 12.8 Å². The van der Waals surface area contributed by atoms with Gasteiger partial charge in [0.1, 0.15) is 12.3 Å². The molecule has 2 N–H and O–H groups in total. The zero-order chi connectivity index (χ0) is 16.7. The van der Waals surface area contributed by atoms with Crippen molar-refractivity contribution in [3.63, 3.8) is 0 Å². The van der Waals surface area contributed by atoms with E-state index in [-0.39, 0.29) is 19.2 Å². The lowest BCUT2D eigenvalue weighted by Gasteiger charge is -2.26. The number of carbonyl (C=O) groups excluding carboxylic acids is 3. The molecule has 1 saturated heterocycles. The molecule has 1 aliphatic heterocycles. The summed E-state index contributed by atoms with van der Waals surface area (Å²) in [7, 11) is 3.06. The van der Waals surface area contributed by atoms with E-state index < -0.39 is 24.5 Å². The molecule has 0 spiro atoms. The molecule has 9 heteroatoms. The maximum Gasteiger partial charge on any atom is 0.408 e. The molecule has 0 saturated carbocycles. The number of carbonyl (C=O) groups is 3. The largest absolute Gasteiger partial charge is 0.450 e. The first-order valence-corrected chi connectivity index (χ1v) is 7.28. The Bertz CT molecular complexity index is 381. The quantitative estimate of drug-likeness (QED) is 0.758. The van der Waals surface area contributed by atoms with E-state index in [2.05, 4.69) is 10.6 Å². The third kappa shape index (κ3) is 4.40. The summed E-state index contributed by atoms with van der Waals surface area (Å²) in [5.41, 5.74) is 0. The van der Waals surface area contributed by atoms with Crippen molar-refractivity contribution in [2.75, 3.05) is 27.3 Å². The summed E-state index contributed by atoms with van der Waals surface area (Å²) in [6.45, 7) is 4.31. The van der Waals surface area contributed by atoms with Crippen LogP contribution in [0.25, 0.3) is 0 Å². The highest BCUT2D eigenvalue weighted by Crippen LogP contribution is 2.16. The van der Waals surface area contributed by atoms with Crippen LogP contribution in [0.3, 0.4) is 0 Å². The van der Waals surface area contributed by atoms with Crippen LogP contribution < -0.4 is 10.6 Å². The predicted molar refractivity (Wildman–Crippen MR) is 78.0 cm³/mol. The number of hydrogen-bond acceptors (Lipinski definition) is 5. The summed E-state index contributed by atoms with van der Waals surface area (Å²) < 4.78 is 9.88. The molecule has 126 valence electrons. The van der Waals surface area contributed by atoms with Crippen LogP contribution in [0.15, 0.2) is 0 Å². The molecular formula is C13H24N4O5. The van der Waals surface area contributed by atoms with Gasteiger partial charge in [0, 0.05) is 14.1 Å². The summed E-state index contributed by atoms with van der Waals surface area (Å²) in [4.78, 5) is 38.0. The fourth-order valence-corrected chi connectivity index (χ4v) is 1.98. The van der Waals surface area contributed by atoms with Gasteiger partial charge >= 0.3 is 18.2 Å². The third-order valence-electron chi connectivity index (χ3n) is 3.14. The number of ether oxygens (including phenoxy) is 2. The molecule has 1 heterocycles. The van der Waals surface area contributed by atoms with E-state index in [0.717, 1.165) is 0 Å². The van der Waals surface area contributed by atoms with Crippen molar-refractivity contribution in [1.29, 1.82) is 0 Å². The third-order valence-corrected chi connectivity index (χ3v) is 3.14. The van der Waals surface area contributed by atoms with Crippen molar-refractivity contribution in [3.8, 4) is 0 Å². The highest BCUT2D eigenvalue weighted by Gasteiger charge is 2.44. The molecular weight excluding hydrogens is 292 g/mol. The van der Waals surface area contributed by atoms with Crippen LogP contribution in [-0.2, 0) is 9.47 Å². The average molecular weight is 316 g/mol. The Morgan fingerprint density at radius 3 is 1.64 bits per heavy atom. The lowest BCUT2D eigenvalue weighted by molar-refractivity contribution is 0.114. The van der Waals surface area contributed by atoms with E-state index >= 15 is 0 Å². The summed E-state index contributed by atoms with van der Waals surface area (Å²) >= 11 is 0. The van der Waals surface area contributed by atoms with Gasteiger partial charge in [-0.25, -0.2) is 14.4 Å². The summed E-state index contributed by atoms with van der Waals surface area (Å²) in [6, 6.07) is -0.332. The Hall–Kier alpha value is -2.19. The van der Waals surface area contributed by atoms with Gasteiger partial charge in [-0.15, -0.1) is 0 Å². The molecule has 4 amide bonds. The maximum absolute atomic E-state index is 12.0. The van der Waals surface area contributed by atoms with E-state index in [1.54, 1.807) is 0 Å². The molecule has 1 fully saturated rings. The first kappa shape index (κ1) is 17.9. The number of rotatable bonds is 6. The second-order valence-electron chi connectivity index (χ2n) is 4.95. The number of urea groups is 1. The van der Waals surface area contributed by atoms with Crippen molar-refractivity contribution >= 4 is 18.2 Å². The number of hydrogen-bond donors (Lipinski definition) is 2. The molecule has 0 aromatic carbocycles. The van der Waals surface area contributed by atoms with Crippen LogP contribution >= 0.6 is 0 Å². The molecule has 0 radical (unpaired) electrons. The van der Waals surface area contributed by atoms with E-state index in [4.69, 9.17) is 9.47 Å². The molecule has 0 bridgehead atoms. The van der Waals surface area contributed by atoms with E-state index in [1.165, 1.54) is 23.9 Å². The van der Waals surface area contributed by atoms with Crippen molar-refractivity contribution in [2.45, 2.75) is 39.0 Å². The van der Waals surface area contributed by atoms with Crippen LogP contribution in [0.4, 0.5) is 14.4 Å². The minimum atomic E-state index is -0.740. The topological polar surface area (TPSA) is 100 Å². The predicted octanol–water partition coefficient (Wildman–Crippen LogP) is 0.908. The van der Waals surface area contributed by atoms with Gasteiger partial charge in [-0.1, -0.05) is 13.8 Å².